The van der Waals surface area contributed by atoms with Gasteiger partial charge >= 0.3 is 5.97 Å². The molecule has 2 N–H and O–H groups in total. The van der Waals surface area contributed by atoms with Crippen molar-refractivity contribution >= 4 is 34.0 Å². The molecule has 4 aromatic rings. The van der Waals surface area contributed by atoms with E-state index in [1.807, 2.05) is 24.3 Å². The number of nitro groups is 1. The minimum atomic E-state index is -0.816. The first-order valence-corrected chi connectivity index (χ1v) is 9.51. The highest BCUT2D eigenvalue weighted by Gasteiger charge is 2.18. The molecule has 0 atom stereocenters. The highest BCUT2D eigenvalue weighted by Crippen LogP contribution is 2.29. The third kappa shape index (κ3) is 4.24. The summed E-state index contributed by atoms with van der Waals surface area (Å²) >= 11 is 0. The second-order valence-electron chi connectivity index (χ2n) is 6.86. The SMILES string of the molecule is O=C(Oc1ccccc1NC(=O)c1cc2ccccc2cc1O)c1cccc([N+](=O)[O-])c1. The Balaban J connectivity index is 1.58. The van der Waals surface area contributed by atoms with E-state index in [1.54, 1.807) is 18.2 Å². The van der Waals surface area contributed by atoms with Crippen LogP contribution in [0.3, 0.4) is 0 Å². The van der Waals surface area contributed by atoms with Gasteiger partial charge in [-0.25, -0.2) is 4.79 Å². The molecule has 0 aliphatic carbocycles. The zero-order chi connectivity index (χ0) is 22.7. The Kier molecular flexibility index (Phi) is 5.50. The number of nitro benzene ring substituents is 1. The van der Waals surface area contributed by atoms with E-state index < -0.39 is 16.8 Å². The number of rotatable bonds is 5. The fraction of sp³-hybridized carbons (Fsp3) is 0. The normalized spacial score (nSPS) is 10.5. The fourth-order valence-corrected chi connectivity index (χ4v) is 3.16. The summed E-state index contributed by atoms with van der Waals surface area (Å²) in [6, 6.07) is 21.8. The lowest BCUT2D eigenvalue weighted by molar-refractivity contribution is -0.384. The predicted octanol–water partition coefficient (Wildman–Crippen LogP) is 4.93. The van der Waals surface area contributed by atoms with Gasteiger partial charge in [0.15, 0.2) is 5.75 Å². The van der Waals surface area contributed by atoms with Gasteiger partial charge in [-0.3, -0.25) is 14.9 Å². The van der Waals surface area contributed by atoms with Gasteiger partial charge in [0.05, 0.1) is 21.7 Å². The number of ether oxygens (including phenoxy) is 1. The number of fused-ring (bicyclic) bond motifs is 1. The first-order valence-electron chi connectivity index (χ1n) is 9.51. The van der Waals surface area contributed by atoms with Crippen LogP contribution >= 0.6 is 0 Å². The van der Waals surface area contributed by atoms with E-state index in [1.165, 1.54) is 36.4 Å². The highest BCUT2D eigenvalue weighted by atomic mass is 16.6. The number of carbonyl (C=O) groups is 2. The summed E-state index contributed by atoms with van der Waals surface area (Å²) in [7, 11) is 0. The minimum absolute atomic E-state index is 0.00694. The van der Waals surface area contributed by atoms with Crippen molar-refractivity contribution in [2.45, 2.75) is 0 Å². The maximum Gasteiger partial charge on any atom is 0.343 e. The zero-order valence-electron chi connectivity index (χ0n) is 16.5. The lowest BCUT2D eigenvalue weighted by Crippen LogP contribution is -2.15. The number of para-hydroxylation sites is 2. The van der Waals surface area contributed by atoms with Gasteiger partial charge in [0.2, 0.25) is 0 Å². The first kappa shape index (κ1) is 20.5. The quantitative estimate of drug-likeness (QED) is 0.201. The number of hydrogen-bond donors (Lipinski definition) is 2. The number of non-ortho nitro benzene ring substituents is 1. The molecule has 32 heavy (non-hydrogen) atoms. The van der Waals surface area contributed by atoms with Crippen LogP contribution in [0.4, 0.5) is 11.4 Å². The Morgan fingerprint density at radius 3 is 2.31 bits per heavy atom. The number of amides is 1. The van der Waals surface area contributed by atoms with Gasteiger partial charge in [0.1, 0.15) is 5.75 Å². The Bertz CT molecular complexity index is 1370. The van der Waals surface area contributed by atoms with Crippen LogP contribution < -0.4 is 10.1 Å². The molecule has 0 aliphatic heterocycles. The van der Waals surface area contributed by atoms with Crippen LogP contribution in [0.1, 0.15) is 20.7 Å². The average Bonchev–Trinajstić information content (AvgIpc) is 2.79. The van der Waals surface area contributed by atoms with Crippen LogP contribution in [-0.4, -0.2) is 21.9 Å². The lowest BCUT2D eigenvalue weighted by Gasteiger charge is -2.12. The summed E-state index contributed by atoms with van der Waals surface area (Å²) < 4.78 is 5.36. The Labute approximate surface area is 181 Å². The minimum Gasteiger partial charge on any atom is -0.507 e. The van der Waals surface area contributed by atoms with E-state index in [0.717, 1.165) is 16.8 Å². The summed E-state index contributed by atoms with van der Waals surface area (Å²) in [5, 5.41) is 25.4. The van der Waals surface area contributed by atoms with E-state index in [4.69, 9.17) is 4.74 Å². The number of phenolic OH excluding ortho intramolecular Hbond substituents is 1. The number of esters is 1. The van der Waals surface area contributed by atoms with Crippen LogP contribution in [-0.2, 0) is 0 Å². The van der Waals surface area contributed by atoms with Crippen molar-refractivity contribution in [3.8, 4) is 11.5 Å². The van der Waals surface area contributed by atoms with Crippen molar-refractivity contribution < 1.29 is 24.4 Å². The van der Waals surface area contributed by atoms with Gasteiger partial charge in [0, 0.05) is 12.1 Å². The maximum atomic E-state index is 12.8. The third-order valence-corrected chi connectivity index (χ3v) is 4.74. The summed E-state index contributed by atoms with van der Waals surface area (Å²) in [5.41, 5.74) is 0.00711. The van der Waals surface area contributed by atoms with Gasteiger partial charge < -0.3 is 15.2 Å². The van der Waals surface area contributed by atoms with Crippen LogP contribution in [0.2, 0.25) is 0 Å². The number of benzene rings is 4. The van der Waals surface area contributed by atoms with E-state index >= 15 is 0 Å². The van der Waals surface area contributed by atoms with Crippen LogP contribution in [0, 0.1) is 10.1 Å². The predicted molar refractivity (Wildman–Crippen MR) is 118 cm³/mol. The molecule has 0 bridgehead atoms. The van der Waals surface area contributed by atoms with Gasteiger partial charge in [-0.1, -0.05) is 42.5 Å². The van der Waals surface area contributed by atoms with E-state index in [-0.39, 0.29) is 34.0 Å². The first-order chi connectivity index (χ1) is 15.4. The maximum absolute atomic E-state index is 12.8. The third-order valence-electron chi connectivity index (χ3n) is 4.74. The van der Waals surface area contributed by atoms with Crippen molar-refractivity contribution in [1.29, 1.82) is 0 Å². The molecule has 0 radical (unpaired) electrons. The molecule has 1 amide bonds. The molecule has 158 valence electrons. The molecule has 8 nitrogen and oxygen atoms in total. The second kappa shape index (κ2) is 8.57. The van der Waals surface area contributed by atoms with Gasteiger partial charge in [-0.2, -0.15) is 0 Å². The van der Waals surface area contributed by atoms with Crippen LogP contribution in [0.25, 0.3) is 10.8 Å². The Morgan fingerprint density at radius 2 is 1.56 bits per heavy atom. The number of hydrogen-bond acceptors (Lipinski definition) is 6. The monoisotopic (exact) mass is 428 g/mol. The van der Waals surface area contributed by atoms with E-state index in [9.17, 15) is 24.8 Å². The van der Waals surface area contributed by atoms with E-state index in [2.05, 4.69) is 5.32 Å². The lowest BCUT2D eigenvalue weighted by atomic mass is 10.1. The highest BCUT2D eigenvalue weighted by molar-refractivity contribution is 6.09. The molecule has 0 spiro atoms. The molecule has 0 saturated carbocycles. The number of phenols is 1. The number of nitrogens with one attached hydrogen (secondary N) is 1. The largest absolute Gasteiger partial charge is 0.507 e. The van der Waals surface area contributed by atoms with Crippen molar-refractivity contribution in [3.63, 3.8) is 0 Å². The Morgan fingerprint density at radius 1 is 0.875 bits per heavy atom. The smallest absolute Gasteiger partial charge is 0.343 e. The fourth-order valence-electron chi connectivity index (χ4n) is 3.16. The molecular weight excluding hydrogens is 412 g/mol. The number of aromatic hydroxyl groups is 1. The molecule has 4 aromatic carbocycles. The van der Waals surface area contributed by atoms with Gasteiger partial charge in [-0.05, 0) is 41.1 Å². The van der Waals surface area contributed by atoms with Crippen molar-refractivity contribution in [2.75, 3.05) is 5.32 Å². The van der Waals surface area contributed by atoms with Crippen molar-refractivity contribution in [3.05, 3.63) is 106 Å². The van der Waals surface area contributed by atoms with Crippen LogP contribution in [0.5, 0.6) is 11.5 Å². The molecule has 0 saturated heterocycles. The zero-order valence-corrected chi connectivity index (χ0v) is 16.5. The summed E-state index contributed by atoms with van der Waals surface area (Å²) in [6.07, 6.45) is 0. The Hall–Kier alpha value is -4.72. The standard InChI is InChI=1S/C24H16N2O6/c27-21-14-16-7-2-1-6-15(16)13-19(21)23(28)25-20-10-3-4-11-22(20)32-24(29)17-8-5-9-18(12-17)26(30)31/h1-14,27H,(H,25,28). The molecule has 0 heterocycles. The van der Waals surface area contributed by atoms with Crippen molar-refractivity contribution in [2.24, 2.45) is 0 Å². The van der Waals surface area contributed by atoms with Crippen LogP contribution in [0.15, 0.2) is 84.9 Å². The van der Waals surface area contributed by atoms with Gasteiger partial charge in [0.25, 0.3) is 11.6 Å². The number of carbonyl (C=O) groups excluding carboxylic acids is 2. The summed E-state index contributed by atoms with van der Waals surface area (Å²) in [4.78, 5) is 35.6. The summed E-state index contributed by atoms with van der Waals surface area (Å²) in [6.45, 7) is 0. The van der Waals surface area contributed by atoms with Gasteiger partial charge in [-0.15, -0.1) is 0 Å². The molecule has 0 fully saturated rings. The molecule has 0 unspecified atom stereocenters. The average molecular weight is 428 g/mol. The molecule has 0 aliphatic rings. The molecule has 0 aromatic heterocycles. The molecular formula is C24H16N2O6. The number of anilines is 1. The topological polar surface area (TPSA) is 119 Å². The molecule has 8 heteroatoms. The second-order valence-corrected chi connectivity index (χ2v) is 6.86. The summed E-state index contributed by atoms with van der Waals surface area (Å²) in [5.74, 6) is -1.54. The molecule has 4 rings (SSSR count). The number of nitrogens with zero attached hydrogens (tertiary/aromatic N) is 1. The van der Waals surface area contributed by atoms with E-state index in [0.29, 0.717) is 0 Å². The van der Waals surface area contributed by atoms with Crippen molar-refractivity contribution in [1.82, 2.24) is 0 Å².